The number of aromatic nitrogens is 3. The number of ether oxygens (including phenoxy) is 2. The summed E-state index contributed by atoms with van der Waals surface area (Å²) >= 11 is 0. The Bertz CT molecular complexity index is 549. The normalized spacial score (nSPS) is 25.7. The van der Waals surface area contributed by atoms with Gasteiger partial charge >= 0.3 is 0 Å². The van der Waals surface area contributed by atoms with Crippen LogP contribution in [0.1, 0.15) is 96.6 Å². The minimum absolute atomic E-state index is 0.102. The summed E-state index contributed by atoms with van der Waals surface area (Å²) in [6.07, 6.45) is 18.8. The predicted molar refractivity (Wildman–Crippen MR) is 122 cm³/mol. The van der Waals surface area contributed by atoms with E-state index >= 15 is 0 Å². The molecule has 2 aliphatic carbocycles. The van der Waals surface area contributed by atoms with Crippen molar-refractivity contribution >= 4 is 5.91 Å². The van der Waals surface area contributed by atoms with Gasteiger partial charge in [-0.05, 0) is 38.0 Å². The van der Waals surface area contributed by atoms with Gasteiger partial charge in [0, 0.05) is 19.1 Å². The fourth-order valence-corrected chi connectivity index (χ4v) is 4.82. The van der Waals surface area contributed by atoms with Crippen molar-refractivity contribution in [2.45, 2.75) is 110 Å². The number of rotatable bonds is 3. The number of hydrogen-bond donors (Lipinski definition) is 2. The lowest BCUT2D eigenvalue weighted by atomic mass is 9.86. The van der Waals surface area contributed by atoms with Crippen LogP contribution in [-0.4, -0.2) is 46.7 Å². The van der Waals surface area contributed by atoms with Gasteiger partial charge in [0.05, 0.1) is 24.1 Å². The van der Waals surface area contributed by atoms with Crippen LogP contribution in [0, 0.1) is 11.8 Å². The molecule has 0 aromatic carbocycles. The molecule has 2 saturated heterocycles. The number of primary amides is 1. The van der Waals surface area contributed by atoms with E-state index in [-0.39, 0.29) is 11.8 Å². The molecule has 0 radical (unpaired) electrons. The second-order valence-electron chi connectivity index (χ2n) is 8.80. The highest BCUT2D eigenvalue weighted by molar-refractivity contribution is 5.76. The first-order valence-electron chi connectivity index (χ1n) is 12.6. The molecule has 4 aliphatic rings. The molecular formula is C24H44N4O3. The monoisotopic (exact) mass is 436 g/mol. The topological polar surface area (TPSA) is 103 Å². The Morgan fingerprint density at radius 3 is 1.94 bits per heavy atom. The molecule has 2 atom stereocenters. The van der Waals surface area contributed by atoms with Gasteiger partial charge in [0.1, 0.15) is 0 Å². The van der Waals surface area contributed by atoms with E-state index in [4.69, 9.17) is 15.2 Å². The summed E-state index contributed by atoms with van der Waals surface area (Å²) in [5.74, 6) is 0.956. The number of H-pyrrole nitrogens is 1. The summed E-state index contributed by atoms with van der Waals surface area (Å²) in [5.41, 5.74) is 6.26. The van der Waals surface area contributed by atoms with Gasteiger partial charge in [0.15, 0.2) is 0 Å². The molecule has 3 heterocycles. The quantitative estimate of drug-likeness (QED) is 0.722. The van der Waals surface area contributed by atoms with Crippen molar-refractivity contribution in [1.29, 1.82) is 0 Å². The van der Waals surface area contributed by atoms with Gasteiger partial charge in [-0.1, -0.05) is 65.2 Å². The first-order chi connectivity index (χ1) is 15.2. The van der Waals surface area contributed by atoms with Crippen LogP contribution in [0.25, 0.3) is 0 Å². The molecule has 1 aromatic heterocycles. The number of hydrogen-bond acceptors (Lipinski definition) is 5. The zero-order valence-corrected chi connectivity index (χ0v) is 19.7. The number of carbonyl (C=O) groups is 1. The van der Waals surface area contributed by atoms with Crippen LogP contribution < -0.4 is 5.73 Å². The zero-order chi connectivity index (χ0) is 22.3. The average Bonchev–Trinajstić information content (AvgIpc) is 3.57. The molecule has 4 fully saturated rings. The maximum atomic E-state index is 10.6. The molecule has 31 heavy (non-hydrogen) atoms. The molecule has 7 nitrogen and oxygen atoms in total. The van der Waals surface area contributed by atoms with Crippen LogP contribution >= 0.6 is 0 Å². The van der Waals surface area contributed by atoms with E-state index in [0.29, 0.717) is 12.2 Å². The Balaban J connectivity index is 0.000000162. The van der Waals surface area contributed by atoms with Gasteiger partial charge in [0.2, 0.25) is 5.91 Å². The van der Waals surface area contributed by atoms with Crippen molar-refractivity contribution in [3.8, 4) is 0 Å². The Morgan fingerprint density at radius 1 is 0.935 bits per heavy atom. The fourth-order valence-electron chi connectivity index (χ4n) is 4.82. The molecule has 2 saturated carbocycles. The number of fused-ring (bicyclic) bond motifs is 1. The molecule has 5 rings (SSSR count). The maximum Gasteiger partial charge on any atom is 0.220 e. The van der Waals surface area contributed by atoms with Crippen LogP contribution in [0.4, 0.5) is 0 Å². The predicted octanol–water partition coefficient (Wildman–Crippen LogP) is 4.57. The van der Waals surface area contributed by atoms with E-state index in [1.165, 1.54) is 51.4 Å². The molecule has 3 N–H and O–H groups in total. The van der Waals surface area contributed by atoms with E-state index in [0.717, 1.165) is 56.9 Å². The summed E-state index contributed by atoms with van der Waals surface area (Å²) in [6, 6.07) is 0. The van der Waals surface area contributed by atoms with Crippen molar-refractivity contribution in [2.75, 3.05) is 13.2 Å². The lowest BCUT2D eigenvalue weighted by Crippen LogP contribution is -2.24. The first kappa shape index (κ1) is 25.8. The van der Waals surface area contributed by atoms with Gasteiger partial charge in [-0.25, -0.2) is 0 Å². The molecule has 2 aliphatic heterocycles. The summed E-state index contributed by atoms with van der Waals surface area (Å²) in [5, 5.41) is 10.5. The number of nitrogens with one attached hydrogen (secondary N) is 1. The average molecular weight is 437 g/mol. The summed E-state index contributed by atoms with van der Waals surface area (Å²) in [6.45, 7) is 5.82. The fraction of sp³-hybridized carbons (Fsp3) is 0.875. The molecule has 1 aromatic rings. The Kier molecular flexibility index (Phi) is 12.8. The van der Waals surface area contributed by atoms with Crippen molar-refractivity contribution in [2.24, 2.45) is 17.6 Å². The van der Waals surface area contributed by atoms with Crippen molar-refractivity contribution < 1.29 is 14.3 Å². The maximum absolute atomic E-state index is 10.6. The van der Waals surface area contributed by atoms with E-state index in [1.807, 2.05) is 20.0 Å². The Hall–Kier alpha value is -1.47. The molecule has 0 bridgehead atoms. The van der Waals surface area contributed by atoms with E-state index in [2.05, 4.69) is 15.4 Å². The van der Waals surface area contributed by atoms with Crippen molar-refractivity contribution in [1.82, 2.24) is 15.4 Å². The van der Waals surface area contributed by atoms with Crippen LogP contribution in [-0.2, 0) is 20.7 Å². The van der Waals surface area contributed by atoms with Gasteiger partial charge in [-0.15, -0.1) is 0 Å². The third kappa shape index (κ3) is 9.69. The molecule has 178 valence electrons. The molecule has 0 spiro atoms. The third-order valence-corrected chi connectivity index (χ3v) is 6.58. The van der Waals surface area contributed by atoms with Crippen molar-refractivity contribution in [3.63, 3.8) is 0 Å². The molecule has 1 amide bonds. The second-order valence-corrected chi connectivity index (χ2v) is 8.80. The summed E-state index contributed by atoms with van der Waals surface area (Å²) < 4.78 is 10.7. The van der Waals surface area contributed by atoms with Crippen molar-refractivity contribution in [3.05, 3.63) is 11.9 Å². The van der Waals surface area contributed by atoms with Crippen LogP contribution in [0.15, 0.2) is 6.20 Å². The highest BCUT2D eigenvalue weighted by Gasteiger charge is 2.33. The van der Waals surface area contributed by atoms with E-state index in [9.17, 15) is 4.79 Å². The number of nitrogens with zero attached hydrogens (tertiary/aromatic N) is 2. The highest BCUT2D eigenvalue weighted by atomic mass is 16.6. The Labute approximate surface area is 188 Å². The van der Waals surface area contributed by atoms with Gasteiger partial charge in [-0.2, -0.15) is 15.4 Å². The van der Waals surface area contributed by atoms with E-state index < -0.39 is 0 Å². The number of nitrogens with two attached hydrogens (primary N) is 1. The Morgan fingerprint density at radius 2 is 1.48 bits per heavy atom. The minimum Gasteiger partial charge on any atom is -0.375 e. The smallest absolute Gasteiger partial charge is 0.220 e. The largest absolute Gasteiger partial charge is 0.375 e. The van der Waals surface area contributed by atoms with Gasteiger partial charge < -0.3 is 15.2 Å². The summed E-state index contributed by atoms with van der Waals surface area (Å²) in [7, 11) is 0. The molecular weight excluding hydrogens is 392 g/mol. The van der Waals surface area contributed by atoms with Gasteiger partial charge in [-0.3, -0.25) is 4.79 Å². The third-order valence-electron chi connectivity index (χ3n) is 6.58. The first-order valence-corrected chi connectivity index (χ1v) is 12.6. The molecule has 7 heteroatoms. The van der Waals surface area contributed by atoms with E-state index in [1.54, 1.807) is 0 Å². The number of amides is 1. The van der Waals surface area contributed by atoms with Crippen LogP contribution in [0.5, 0.6) is 0 Å². The second kappa shape index (κ2) is 15.4. The minimum atomic E-state index is -0.102. The number of carbonyl (C=O) groups excluding carboxylic acids is 1. The lowest BCUT2D eigenvalue weighted by Gasteiger charge is -2.19. The standard InChI is InChI=1S/C9H15N3.C7H13NO.C6H10O2.C2H6/c1-2-4-8(5-3-1)6-9-7-10-12-11-9;8-7(9)6-4-2-1-3-5-6;1-3-7-6-2-4-8-5(1)6;1-2/h7-8H,1-6H2,(H,10,11,12);6H,1-5H2,(H2,8,9);5-6H,1-4H2;1-2H3. The highest BCUT2D eigenvalue weighted by Crippen LogP contribution is 2.26. The number of aromatic amines is 1. The van der Waals surface area contributed by atoms with Crippen LogP contribution in [0.2, 0.25) is 0 Å². The van der Waals surface area contributed by atoms with Crippen LogP contribution in [0.3, 0.4) is 0 Å². The SMILES string of the molecule is C1CC2OCCC2O1.CC.NC(=O)C1CCCCC1.c1n[nH]nc1CC1CCCCC1. The summed E-state index contributed by atoms with van der Waals surface area (Å²) in [4.78, 5) is 10.6. The van der Waals surface area contributed by atoms with Gasteiger partial charge in [0.25, 0.3) is 0 Å². The lowest BCUT2D eigenvalue weighted by molar-refractivity contribution is -0.122. The molecule has 2 unspecified atom stereocenters. The zero-order valence-electron chi connectivity index (χ0n) is 19.7.